The molecule has 148 valence electrons. The maximum atomic E-state index is 13.6. The van der Waals surface area contributed by atoms with Crippen LogP contribution in [0.3, 0.4) is 0 Å². The molecule has 3 rings (SSSR count). The van der Waals surface area contributed by atoms with Gasteiger partial charge in [0.05, 0.1) is 12.2 Å². The zero-order valence-electron chi connectivity index (χ0n) is 16.1. The minimum absolute atomic E-state index is 0.0534. The Morgan fingerprint density at radius 1 is 0.931 bits per heavy atom. The molecule has 0 unspecified atom stereocenters. The van der Waals surface area contributed by atoms with Gasteiger partial charge in [-0.3, -0.25) is 9.59 Å². The Hall–Kier alpha value is -3.67. The predicted molar refractivity (Wildman–Crippen MR) is 114 cm³/mol. The van der Waals surface area contributed by atoms with Gasteiger partial charge in [0.2, 0.25) is 5.91 Å². The fourth-order valence-electron chi connectivity index (χ4n) is 2.91. The third kappa shape index (κ3) is 5.19. The van der Waals surface area contributed by atoms with Crippen LogP contribution in [0.25, 0.3) is 0 Å². The van der Waals surface area contributed by atoms with Crippen LogP contribution in [0.2, 0.25) is 0 Å². The maximum absolute atomic E-state index is 13.6. The summed E-state index contributed by atoms with van der Waals surface area (Å²) in [6, 6.07) is 22.4. The van der Waals surface area contributed by atoms with E-state index in [9.17, 15) is 14.0 Å². The number of carbonyl (C=O) groups excluding carboxylic acids is 2. The number of amides is 2. The van der Waals surface area contributed by atoms with Gasteiger partial charge in [-0.05, 0) is 49.4 Å². The first-order valence-electron chi connectivity index (χ1n) is 9.33. The molecule has 29 heavy (non-hydrogen) atoms. The largest absolute Gasteiger partial charge is 0.376 e. The Kier molecular flexibility index (Phi) is 6.58. The lowest BCUT2D eigenvalue weighted by molar-refractivity contribution is -0.114. The molecule has 3 aromatic carbocycles. The van der Waals surface area contributed by atoms with Crippen molar-refractivity contribution in [1.29, 1.82) is 0 Å². The number of benzene rings is 3. The smallest absolute Gasteiger partial charge is 0.258 e. The molecule has 0 saturated carbocycles. The van der Waals surface area contributed by atoms with Crippen LogP contribution in [0.4, 0.5) is 21.5 Å². The number of halogens is 1. The van der Waals surface area contributed by atoms with Crippen molar-refractivity contribution in [3.8, 4) is 0 Å². The van der Waals surface area contributed by atoms with Gasteiger partial charge in [0.25, 0.3) is 5.91 Å². The monoisotopic (exact) mass is 391 g/mol. The van der Waals surface area contributed by atoms with Gasteiger partial charge < -0.3 is 15.5 Å². The molecule has 0 aliphatic rings. The summed E-state index contributed by atoms with van der Waals surface area (Å²) in [6.45, 7) is 2.40. The highest BCUT2D eigenvalue weighted by atomic mass is 19.1. The molecule has 0 radical (unpaired) electrons. The number of carbonyl (C=O) groups is 2. The molecular weight excluding hydrogens is 369 g/mol. The van der Waals surface area contributed by atoms with Gasteiger partial charge in [-0.2, -0.15) is 0 Å². The van der Waals surface area contributed by atoms with Gasteiger partial charge in [-0.25, -0.2) is 4.39 Å². The fraction of sp³-hybridized carbons (Fsp3) is 0.130. The topological polar surface area (TPSA) is 61.4 Å². The molecule has 3 aromatic rings. The van der Waals surface area contributed by atoms with Gasteiger partial charge in [-0.1, -0.05) is 36.4 Å². The predicted octanol–water partition coefficient (Wildman–Crippen LogP) is 4.54. The summed E-state index contributed by atoms with van der Waals surface area (Å²) in [6.07, 6.45) is 0. The van der Waals surface area contributed by atoms with E-state index in [1.54, 1.807) is 41.3 Å². The summed E-state index contributed by atoms with van der Waals surface area (Å²) in [4.78, 5) is 26.7. The number of hydrogen-bond donors (Lipinski definition) is 2. The second-order valence-corrected chi connectivity index (χ2v) is 6.35. The SMILES string of the molecule is CCN(C(=O)c1cccc(NCC(=O)Nc2ccccc2F)c1)c1ccccc1. The third-order valence-electron chi connectivity index (χ3n) is 4.34. The van der Waals surface area contributed by atoms with E-state index in [1.165, 1.54) is 12.1 Å². The molecule has 0 heterocycles. The molecule has 0 aliphatic heterocycles. The van der Waals surface area contributed by atoms with Gasteiger partial charge in [0.15, 0.2) is 0 Å². The molecule has 0 fully saturated rings. The zero-order chi connectivity index (χ0) is 20.6. The first-order valence-corrected chi connectivity index (χ1v) is 9.33. The minimum atomic E-state index is -0.492. The van der Waals surface area contributed by atoms with Crippen molar-refractivity contribution in [3.63, 3.8) is 0 Å². The Morgan fingerprint density at radius 2 is 1.66 bits per heavy atom. The van der Waals surface area contributed by atoms with E-state index < -0.39 is 5.82 Å². The molecular formula is C23H22FN3O2. The maximum Gasteiger partial charge on any atom is 0.258 e. The molecule has 0 saturated heterocycles. The number of rotatable bonds is 7. The molecule has 2 N–H and O–H groups in total. The van der Waals surface area contributed by atoms with Crippen molar-refractivity contribution in [1.82, 2.24) is 0 Å². The average molecular weight is 391 g/mol. The highest BCUT2D eigenvalue weighted by molar-refractivity contribution is 6.06. The van der Waals surface area contributed by atoms with Crippen LogP contribution in [0.15, 0.2) is 78.9 Å². The van der Waals surface area contributed by atoms with Crippen LogP contribution >= 0.6 is 0 Å². The molecule has 0 aliphatic carbocycles. The van der Waals surface area contributed by atoms with Gasteiger partial charge in [0.1, 0.15) is 5.82 Å². The van der Waals surface area contributed by atoms with E-state index in [0.29, 0.717) is 17.8 Å². The van der Waals surface area contributed by atoms with E-state index in [-0.39, 0.29) is 24.0 Å². The third-order valence-corrected chi connectivity index (χ3v) is 4.34. The second-order valence-electron chi connectivity index (χ2n) is 6.35. The fourth-order valence-corrected chi connectivity index (χ4v) is 2.91. The highest BCUT2D eigenvalue weighted by Gasteiger charge is 2.16. The number of nitrogens with one attached hydrogen (secondary N) is 2. The molecule has 5 nitrogen and oxygen atoms in total. The summed E-state index contributed by atoms with van der Waals surface area (Å²) in [7, 11) is 0. The van der Waals surface area contributed by atoms with Gasteiger partial charge in [-0.15, -0.1) is 0 Å². The number of anilines is 3. The summed E-state index contributed by atoms with van der Waals surface area (Å²) in [5, 5.41) is 5.49. The number of para-hydroxylation sites is 2. The van der Waals surface area contributed by atoms with E-state index >= 15 is 0 Å². The average Bonchev–Trinajstić information content (AvgIpc) is 2.75. The van der Waals surface area contributed by atoms with Crippen molar-refractivity contribution < 1.29 is 14.0 Å². The molecule has 6 heteroatoms. The second kappa shape index (κ2) is 9.50. The zero-order valence-corrected chi connectivity index (χ0v) is 16.1. The van der Waals surface area contributed by atoms with Crippen molar-refractivity contribution in [2.24, 2.45) is 0 Å². The lowest BCUT2D eigenvalue weighted by Gasteiger charge is -2.21. The van der Waals surface area contributed by atoms with E-state index in [4.69, 9.17) is 0 Å². The minimum Gasteiger partial charge on any atom is -0.376 e. The van der Waals surface area contributed by atoms with Crippen LogP contribution in [-0.4, -0.2) is 24.9 Å². The van der Waals surface area contributed by atoms with Crippen LogP contribution in [-0.2, 0) is 4.79 Å². The number of hydrogen-bond acceptors (Lipinski definition) is 3. The quantitative estimate of drug-likeness (QED) is 0.621. The standard InChI is InChI=1S/C23H22FN3O2/c1-2-27(19-11-4-3-5-12-19)23(29)17-9-8-10-18(15-17)25-16-22(28)26-21-14-7-6-13-20(21)24/h3-15,25H,2,16H2,1H3,(H,26,28). The first-order chi connectivity index (χ1) is 14.1. The van der Waals surface area contributed by atoms with Crippen LogP contribution < -0.4 is 15.5 Å². The molecule has 0 aromatic heterocycles. The summed E-state index contributed by atoms with van der Waals surface area (Å²) in [5.41, 5.74) is 2.09. The number of nitrogens with zero attached hydrogens (tertiary/aromatic N) is 1. The van der Waals surface area contributed by atoms with E-state index in [2.05, 4.69) is 10.6 Å². The Balaban J connectivity index is 1.65. The van der Waals surface area contributed by atoms with Crippen molar-refractivity contribution in [3.05, 3.63) is 90.2 Å². The Bertz CT molecular complexity index is 992. The van der Waals surface area contributed by atoms with E-state index in [1.807, 2.05) is 37.3 Å². The van der Waals surface area contributed by atoms with Crippen molar-refractivity contribution in [2.45, 2.75) is 6.92 Å². The van der Waals surface area contributed by atoms with E-state index in [0.717, 1.165) is 5.69 Å². The summed E-state index contributed by atoms with van der Waals surface area (Å²) < 4.78 is 13.6. The van der Waals surface area contributed by atoms with Crippen LogP contribution in [0.5, 0.6) is 0 Å². The molecule has 0 spiro atoms. The van der Waals surface area contributed by atoms with Crippen molar-refractivity contribution >= 4 is 28.9 Å². The van der Waals surface area contributed by atoms with Crippen LogP contribution in [0.1, 0.15) is 17.3 Å². The summed E-state index contributed by atoms with van der Waals surface area (Å²) >= 11 is 0. The Morgan fingerprint density at radius 3 is 2.38 bits per heavy atom. The molecule has 0 bridgehead atoms. The summed E-state index contributed by atoms with van der Waals surface area (Å²) in [5.74, 6) is -1.00. The van der Waals surface area contributed by atoms with Crippen molar-refractivity contribution in [2.75, 3.05) is 28.6 Å². The molecule has 0 atom stereocenters. The molecule has 2 amide bonds. The van der Waals surface area contributed by atoms with Gasteiger partial charge in [0, 0.05) is 23.5 Å². The van der Waals surface area contributed by atoms with Crippen LogP contribution in [0, 0.1) is 5.82 Å². The first kappa shape index (κ1) is 20.1. The van der Waals surface area contributed by atoms with Gasteiger partial charge >= 0.3 is 0 Å². The highest BCUT2D eigenvalue weighted by Crippen LogP contribution is 2.19. The lowest BCUT2D eigenvalue weighted by atomic mass is 10.1. The Labute approximate surface area is 169 Å². The normalized spacial score (nSPS) is 10.3. The lowest BCUT2D eigenvalue weighted by Crippen LogP contribution is -2.30.